The zero-order valence-electron chi connectivity index (χ0n) is 15.0. The highest BCUT2D eigenvalue weighted by molar-refractivity contribution is 5.83. The molecule has 0 aromatic carbocycles. The molecule has 122 valence electrons. The SMILES string of the molecule is CCNC(CC1CCC2(CC1)C(C)(C)C2(C)C)C(=O)CC. The van der Waals surface area contributed by atoms with Crippen molar-refractivity contribution in [2.75, 3.05) is 6.54 Å². The maximum Gasteiger partial charge on any atom is 0.149 e. The van der Waals surface area contributed by atoms with Crippen LogP contribution in [0, 0.1) is 22.2 Å². The van der Waals surface area contributed by atoms with Gasteiger partial charge in [-0.15, -0.1) is 0 Å². The van der Waals surface area contributed by atoms with Crippen LogP contribution in [0.3, 0.4) is 0 Å². The molecule has 2 aliphatic rings. The number of hydrogen-bond donors (Lipinski definition) is 1. The van der Waals surface area contributed by atoms with Crippen LogP contribution in [0.5, 0.6) is 0 Å². The summed E-state index contributed by atoms with van der Waals surface area (Å²) in [7, 11) is 0. The monoisotopic (exact) mass is 293 g/mol. The van der Waals surface area contributed by atoms with Gasteiger partial charge in [0.05, 0.1) is 6.04 Å². The van der Waals surface area contributed by atoms with Crippen molar-refractivity contribution in [3.05, 3.63) is 0 Å². The van der Waals surface area contributed by atoms with Crippen molar-refractivity contribution in [3.63, 3.8) is 0 Å². The molecule has 2 rings (SSSR count). The van der Waals surface area contributed by atoms with Crippen molar-refractivity contribution in [2.45, 2.75) is 86.1 Å². The number of carbonyl (C=O) groups excluding carboxylic acids is 1. The second-order valence-electron chi connectivity index (χ2n) is 8.44. The molecule has 0 aromatic rings. The smallest absolute Gasteiger partial charge is 0.149 e. The Kier molecular flexibility index (Phi) is 4.60. The van der Waals surface area contributed by atoms with E-state index in [-0.39, 0.29) is 6.04 Å². The summed E-state index contributed by atoms with van der Waals surface area (Å²) in [6.07, 6.45) is 7.05. The van der Waals surface area contributed by atoms with Gasteiger partial charge in [0.1, 0.15) is 5.78 Å². The lowest BCUT2D eigenvalue weighted by Crippen LogP contribution is -2.38. The summed E-state index contributed by atoms with van der Waals surface area (Å²) in [6.45, 7) is 14.8. The minimum Gasteiger partial charge on any atom is -0.308 e. The first kappa shape index (κ1) is 17.0. The zero-order chi connectivity index (χ0) is 15.9. The lowest BCUT2D eigenvalue weighted by molar-refractivity contribution is -0.121. The maximum absolute atomic E-state index is 12.1. The Bertz CT molecular complexity index is 372. The van der Waals surface area contributed by atoms with Gasteiger partial charge in [-0.05, 0) is 60.8 Å². The molecule has 1 spiro atoms. The third-order valence-corrected chi connectivity index (χ3v) is 7.61. The van der Waals surface area contributed by atoms with E-state index >= 15 is 0 Å². The fourth-order valence-corrected chi connectivity index (χ4v) is 5.36. The topological polar surface area (TPSA) is 29.1 Å². The highest BCUT2D eigenvalue weighted by atomic mass is 16.1. The predicted octanol–water partition coefficient (Wildman–Crippen LogP) is 4.58. The summed E-state index contributed by atoms with van der Waals surface area (Å²) in [5.74, 6) is 1.13. The van der Waals surface area contributed by atoms with Gasteiger partial charge in [-0.2, -0.15) is 0 Å². The molecular weight excluding hydrogens is 258 g/mol. The number of rotatable bonds is 6. The van der Waals surface area contributed by atoms with E-state index in [9.17, 15) is 4.79 Å². The number of likely N-dealkylation sites (N-methyl/N-ethyl adjacent to an activating group) is 1. The van der Waals surface area contributed by atoms with E-state index in [1.165, 1.54) is 25.7 Å². The fourth-order valence-electron chi connectivity index (χ4n) is 5.36. The Labute approximate surface area is 131 Å². The van der Waals surface area contributed by atoms with Crippen LogP contribution < -0.4 is 5.32 Å². The van der Waals surface area contributed by atoms with Crippen molar-refractivity contribution in [2.24, 2.45) is 22.2 Å². The summed E-state index contributed by atoms with van der Waals surface area (Å²) in [6, 6.07) is 0.0965. The van der Waals surface area contributed by atoms with E-state index in [1.54, 1.807) is 0 Å². The maximum atomic E-state index is 12.1. The van der Waals surface area contributed by atoms with Gasteiger partial charge in [-0.1, -0.05) is 41.5 Å². The van der Waals surface area contributed by atoms with Crippen molar-refractivity contribution < 1.29 is 4.79 Å². The molecule has 2 aliphatic carbocycles. The predicted molar refractivity (Wildman–Crippen MR) is 89.3 cm³/mol. The van der Waals surface area contributed by atoms with Crippen molar-refractivity contribution in [3.8, 4) is 0 Å². The summed E-state index contributed by atoms with van der Waals surface area (Å²) in [5.41, 5.74) is 1.55. The van der Waals surface area contributed by atoms with E-state index in [2.05, 4.69) is 39.9 Å². The summed E-state index contributed by atoms with van der Waals surface area (Å²) in [4.78, 5) is 12.1. The Balaban J connectivity index is 1.91. The first-order chi connectivity index (χ1) is 9.73. The lowest BCUT2D eigenvalue weighted by Gasteiger charge is -2.34. The van der Waals surface area contributed by atoms with Gasteiger partial charge >= 0.3 is 0 Å². The molecule has 0 saturated heterocycles. The average molecular weight is 293 g/mol. The third-order valence-electron chi connectivity index (χ3n) is 7.61. The second-order valence-corrected chi connectivity index (χ2v) is 8.44. The first-order valence-electron chi connectivity index (χ1n) is 8.99. The zero-order valence-corrected chi connectivity index (χ0v) is 15.0. The van der Waals surface area contributed by atoms with E-state index in [1.807, 2.05) is 6.92 Å². The number of hydrogen-bond acceptors (Lipinski definition) is 2. The van der Waals surface area contributed by atoms with Gasteiger partial charge in [-0.3, -0.25) is 4.79 Å². The molecule has 2 heteroatoms. The van der Waals surface area contributed by atoms with Crippen LogP contribution in [-0.2, 0) is 4.79 Å². The highest BCUT2D eigenvalue weighted by Gasteiger charge is 2.75. The molecular formula is C19H35NO. The molecule has 2 nitrogen and oxygen atoms in total. The van der Waals surface area contributed by atoms with Crippen LogP contribution in [0.1, 0.15) is 80.1 Å². The number of ketones is 1. The molecule has 0 aliphatic heterocycles. The fraction of sp³-hybridized carbons (Fsp3) is 0.947. The Hall–Kier alpha value is -0.370. The molecule has 0 heterocycles. The minimum atomic E-state index is 0.0965. The van der Waals surface area contributed by atoms with E-state index in [4.69, 9.17) is 0 Å². The Morgan fingerprint density at radius 3 is 2.00 bits per heavy atom. The van der Waals surface area contributed by atoms with Crippen LogP contribution in [0.15, 0.2) is 0 Å². The standard InChI is InChI=1S/C19H35NO/c1-7-16(21)15(20-8-2)13-14-9-11-19(12-10-14)17(3,4)18(19,5)6/h14-15,20H,7-13H2,1-6H3. The van der Waals surface area contributed by atoms with E-state index < -0.39 is 0 Å². The number of carbonyl (C=O) groups is 1. The van der Waals surface area contributed by atoms with Crippen LogP contribution in [-0.4, -0.2) is 18.4 Å². The van der Waals surface area contributed by atoms with Crippen LogP contribution in [0.2, 0.25) is 0 Å². The molecule has 1 unspecified atom stereocenters. The van der Waals surface area contributed by atoms with Gasteiger partial charge in [-0.25, -0.2) is 0 Å². The largest absolute Gasteiger partial charge is 0.308 e. The van der Waals surface area contributed by atoms with E-state index in [0.29, 0.717) is 28.4 Å². The van der Waals surface area contributed by atoms with Gasteiger partial charge in [0.15, 0.2) is 0 Å². The molecule has 0 bridgehead atoms. The number of Topliss-reactive ketones (excluding diaryl/α,β-unsaturated/α-hetero) is 1. The van der Waals surface area contributed by atoms with Gasteiger partial charge in [0.25, 0.3) is 0 Å². The molecule has 1 N–H and O–H groups in total. The van der Waals surface area contributed by atoms with Gasteiger partial charge in [0.2, 0.25) is 0 Å². The lowest BCUT2D eigenvalue weighted by atomic mass is 9.72. The average Bonchev–Trinajstić information content (AvgIpc) is 2.77. The second kappa shape index (κ2) is 5.68. The third kappa shape index (κ3) is 2.48. The van der Waals surface area contributed by atoms with E-state index in [0.717, 1.165) is 18.9 Å². The Morgan fingerprint density at radius 2 is 1.62 bits per heavy atom. The molecule has 1 atom stereocenters. The first-order valence-corrected chi connectivity index (χ1v) is 8.99. The van der Waals surface area contributed by atoms with Crippen molar-refractivity contribution >= 4 is 5.78 Å². The number of nitrogens with one attached hydrogen (secondary N) is 1. The molecule has 21 heavy (non-hydrogen) atoms. The molecule has 0 amide bonds. The van der Waals surface area contributed by atoms with Crippen LogP contribution in [0.25, 0.3) is 0 Å². The van der Waals surface area contributed by atoms with Crippen LogP contribution in [0.4, 0.5) is 0 Å². The molecule has 0 aromatic heterocycles. The van der Waals surface area contributed by atoms with Gasteiger partial charge in [0, 0.05) is 6.42 Å². The van der Waals surface area contributed by atoms with Gasteiger partial charge < -0.3 is 5.32 Å². The summed E-state index contributed by atoms with van der Waals surface area (Å²) >= 11 is 0. The quantitative estimate of drug-likeness (QED) is 0.777. The summed E-state index contributed by atoms with van der Waals surface area (Å²) < 4.78 is 0. The summed E-state index contributed by atoms with van der Waals surface area (Å²) in [5, 5.41) is 3.40. The molecule has 0 radical (unpaired) electrons. The minimum absolute atomic E-state index is 0.0965. The van der Waals surface area contributed by atoms with Crippen molar-refractivity contribution in [1.82, 2.24) is 5.32 Å². The highest BCUT2D eigenvalue weighted by Crippen LogP contribution is 2.82. The Morgan fingerprint density at radius 1 is 1.10 bits per heavy atom. The molecule has 2 saturated carbocycles. The molecule has 2 fully saturated rings. The van der Waals surface area contributed by atoms with Crippen LogP contribution >= 0.6 is 0 Å². The van der Waals surface area contributed by atoms with Crippen molar-refractivity contribution in [1.29, 1.82) is 0 Å². The normalized spacial score (nSPS) is 27.5.